The van der Waals surface area contributed by atoms with Crippen LogP contribution in [0.2, 0.25) is 0 Å². The van der Waals surface area contributed by atoms with Crippen LogP contribution in [0.15, 0.2) is 72.8 Å². The minimum atomic E-state index is -0.995. The summed E-state index contributed by atoms with van der Waals surface area (Å²) in [5.74, 6) is 1.26. The van der Waals surface area contributed by atoms with Crippen molar-refractivity contribution in [1.82, 2.24) is 0 Å². The first-order valence-corrected chi connectivity index (χ1v) is 12.0. The van der Waals surface area contributed by atoms with Gasteiger partial charge in [-0.05, 0) is 53.1 Å². The van der Waals surface area contributed by atoms with Crippen LogP contribution in [0, 0.1) is 0 Å². The van der Waals surface area contributed by atoms with Crippen molar-refractivity contribution >= 4 is 0 Å². The first-order valence-electron chi connectivity index (χ1n) is 12.0. The molecule has 200 valence electrons. The lowest BCUT2D eigenvalue weighted by atomic mass is 9.85. The average molecular weight is 515 g/mol. The molecular weight excluding hydrogens is 480 g/mol. The molecule has 0 aliphatic rings. The van der Waals surface area contributed by atoms with Crippen LogP contribution in [0.4, 0.5) is 0 Å². The Morgan fingerprint density at radius 3 is 1.05 bits per heavy atom. The molecule has 0 saturated carbocycles. The van der Waals surface area contributed by atoms with Crippen molar-refractivity contribution < 1.29 is 44.8 Å². The van der Waals surface area contributed by atoms with E-state index in [0.717, 1.165) is 16.7 Å². The lowest BCUT2D eigenvalue weighted by molar-refractivity contribution is 0.0535. The van der Waals surface area contributed by atoms with Gasteiger partial charge in [-0.15, -0.1) is 0 Å². The quantitative estimate of drug-likeness (QED) is 0.164. The molecule has 3 aromatic carbocycles. The molecule has 3 rings (SSSR count). The second kappa shape index (κ2) is 14.5. The summed E-state index contributed by atoms with van der Waals surface area (Å²) in [5.41, 5.74) is 2.61. The maximum absolute atomic E-state index is 9.66. The average Bonchev–Trinajstić information content (AvgIpc) is 2.94. The molecule has 0 radical (unpaired) electrons. The normalized spacial score (nSPS) is 14.4. The van der Waals surface area contributed by atoms with E-state index >= 15 is 0 Å². The van der Waals surface area contributed by atoms with Crippen molar-refractivity contribution in [2.24, 2.45) is 0 Å². The zero-order chi connectivity index (χ0) is 26.6. The van der Waals surface area contributed by atoms with Crippen LogP contribution in [-0.2, 0) is 0 Å². The molecule has 37 heavy (non-hydrogen) atoms. The smallest absolute Gasteiger partial charge is 0.119 e. The van der Waals surface area contributed by atoms with Gasteiger partial charge in [-0.3, -0.25) is 0 Å². The Bertz CT molecular complexity index is 954. The van der Waals surface area contributed by atoms with Gasteiger partial charge in [0.2, 0.25) is 0 Å². The van der Waals surface area contributed by atoms with Crippen LogP contribution in [0.3, 0.4) is 0 Å². The minimum Gasteiger partial charge on any atom is -0.491 e. The van der Waals surface area contributed by atoms with Gasteiger partial charge in [-0.2, -0.15) is 0 Å². The Kier molecular flexibility index (Phi) is 11.2. The highest BCUT2D eigenvalue weighted by Crippen LogP contribution is 2.36. The topological polar surface area (TPSA) is 149 Å². The Labute approximate surface area is 215 Å². The van der Waals surface area contributed by atoms with E-state index in [1.165, 1.54) is 0 Å². The fourth-order valence-electron chi connectivity index (χ4n) is 3.66. The zero-order valence-corrected chi connectivity index (χ0v) is 20.4. The predicted octanol–water partition coefficient (Wildman–Crippen LogP) is 1.06. The van der Waals surface area contributed by atoms with Gasteiger partial charge in [0.1, 0.15) is 55.4 Å². The molecule has 9 heteroatoms. The molecule has 0 fully saturated rings. The highest BCUT2D eigenvalue weighted by Gasteiger charge is 2.20. The summed E-state index contributed by atoms with van der Waals surface area (Å²) in [5, 5.41) is 56.2. The minimum absolute atomic E-state index is 0.0579. The molecule has 3 aromatic rings. The Morgan fingerprint density at radius 2 is 0.784 bits per heavy atom. The highest BCUT2D eigenvalue weighted by molar-refractivity contribution is 5.48. The third kappa shape index (κ3) is 8.71. The summed E-state index contributed by atoms with van der Waals surface area (Å²) in [4.78, 5) is 0. The van der Waals surface area contributed by atoms with Crippen molar-refractivity contribution in [3.05, 3.63) is 89.5 Å². The van der Waals surface area contributed by atoms with E-state index in [1.807, 2.05) is 54.6 Å². The lowest BCUT2D eigenvalue weighted by Gasteiger charge is -2.22. The summed E-state index contributed by atoms with van der Waals surface area (Å²) in [6, 6.07) is 22.1. The van der Waals surface area contributed by atoms with E-state index < -0.39 is 38.1 Å². The van der Waals surface area contributed by atoms with Gasteiger partial charge in [-0.25, -0.2) is 0 Å². The molecule has 0 saturated heterocycles. The van der Waals surface area contributed by atoms with Gasteiger partial charge in [0.15, 0.2) is 0 Å². The Balaban J connectivity index is 1.97. The van der Waals surface area contributed by atoms with Gasteiger partial charge in [0.05, 0.1) is 19.8 Å². The Hall–Kier alpha value is -3.18. The monoisotopic (exact) mass is 514 g/mol. The van der Waals surface area contributed by atoms with E-state index in [9.17, 15) is 15.3 Å². The van der Waals surface area contributed by atoms with Crippen LogP contribution >= 0.6 is 0 Å². The second-order valence-electron chi connectivity index (χ2n) is 8.59. The maximum Gasteiger partial charge on any atom is 0.119 e. The molecule has 6 N–H and O–H groups in total. The van der Waals surface area contributed by atoms with Gasteiger partial charge in [0, 0.05) is 5.92 Å². The van der Waals surface area contributed by atoms with Crippen LogP contribution in [-0.4, -0.2) is 88.6 Å². The molecule has 0 heterocycles. The van der Waals surface area contributed by atoms with Gasteiger partial charge < -0.3 is 44.8 Å². The number of aliphatic hydroxyl groups is 6. The summed E-state index contributed by atoms with van der Waals surface area (Å²) >= 11 is 0. The number of rotatable bonds is 15. The standard InChI is InChI=1S/C28H34O9/c29-13-22(32)16-35-25-7-1-4-19(10-25)28(20-5-2-8-26(11-20)36-17-23(33)14-30)21-6-3-9-27(12-21)37-18-24(34)15-31/h1-12,22-24,28-34H,13-18H2. The number of hydrogen-bond donors (Lipinski definition) is 6. The fourth-order valence-corrected chi connectivity index (χ4v) is 3.66. The zero-order valence-electron chi connectivity index (χ0n) is 20.4. The molecule has 9 nitrogen and oxygen atoms in total. The van der Waals surface area contributed by atoms with E-state index in [-0.39, 0.29) is 25.7 Å². The number of aliphatic hydroxyl groups excluding tert-OH is 6. The number of ether oxygens (including phenoxy) is 3. The van der Waals surface area contributed by atoms with Crippen LogP contribution in [0.5, 0.6) is 17.2 Å². The van der Waals surface area contributed by atoms with Crippen molar-refractivity contribution in [2.45, 2.75) is 24.2 Å². The molecule has 0 amide bonds. The number of benzene rings is 3. The van der Waals surface area contributed by atoms with Gasteiger partial charge in [0.25, 0.3) is 0 Å². The summed E-state index contributed by atoms with van der Waals surface area (Å²) in [6.45, 7) is -1.39. The maximum atomic E-state index is 9.66. The van der Waals surface area contributed by atoms with Gasteiger partial charge in [-0.1, -0.05) is 36.4 Å². The van der Waals surface area contributed by atoms with E-state index in [4.69, 9.17) is 29.5 Å². The van der Waals surface area contributed by atoms with Crippen molar-refractivity contribution in [3.8, 4) is 17.2 Å². The third-order valence-electron chi connectivity index (χ3n) is 5.53. The second-order valence-corrected chi connectivity index (χ2v) is 8.59. The predicted molar refractivity (Wildman–Crippen MR) is 136 cm³/mol. The number of hydrogen-bond acceptors (Lipinski definition) is 9. The van der Waals surface area contributed by atoms with Crippen LogP contribution < -0.4 is 14.2 Å². The molecule has 3 atom stereocenters. The highest BCUT2D eigenvalue weighted by atomic mass is 16.5. The summed E-state index contributed by atoms with van der Waals surface area (Å²) < 4.78 is 17.0. The summed E-state index contributed by atoms with van der Waals surface area (Å²) in [7, 11) is 0. The van der Waals surface area contributed by atoms with Crippen molar-refractivity contribution in [3.63, 3.8) is 0 Å². The summed E-state index contributed by atoms with van der Waals surface area (Å²) in [6.07, 6.45) is -2.98. The molecule has 0 aromatic heterocycles. The SMILES string of the molecule is OCC(O)COc1cccc(C(c2cccc(OCC(O)CO)c2)c2cccc(OCC(O)CO)c2)c1. The molecule has 0 bridgehead atoms. The van der Waals surface area contributed by atoms with E-state index in [2.05, 4.69) is 0 Å². The Morgan fingerprint density at radius 1 is 0.486 bits per heavy atom. The molecule has 0 aliphatic carbocycles. The van der Waals surface area contributed by atoms with E-state index in [1.54, 1.807) is 18.2 Å². The van der Waals surface area contributed by atoms with E-state index in [0.29, 0.717) is 17.2 Å². The fraction of sp³-hybridized carbons (Fsp3) is 0.357. The molecule has 0 spiro atoms. The largest absolute Gasteiger partial charge is 0.491 e. The van der Waals surface area contributed by atoms with Crippen molar-refractivity contribution in [2.75, 3.05) is 39.6 Å². The molecular formula is C28H34O9. The molecule has 0 aliphatic heterocycles. The lowest BCUT2D eigenvalue weighted by Crippen LogP contribution is -2.21. The third-order valence-corrected chi connectivity index (χ3v) is 5.53. The van der Waals surface area contributed by atoms with Gasteiger partial charge >= 0.3 is 0 Å². The molecule has 3 unspecified atom stereocenters. The first kappa shape index (κ1) is 28.4. The van der Waals surface area contributed by atoms with Crippen molar-refractivity contribution in [1.29, 1.82) is 0 Å². The first-order chi connectivity index (χ1) is 17.9. The van der Waals surface area contributed by atoms with Crippen LogP contribution in [0.25, 0.3) is 0 Å². The van der Waals surface area contributed by atoms with Crippen LogP contribution in [0.1, 0.15) is 22.6 Å².